The van der Waals surface area contributed by atoms with Crippen LogP contribution in [0.2, 0.25) is 0 Å². The molecule has 1 fully saturated rings. The molecule has 0 aliphatic carbocycles. The number of thiophene rings is 1. The maximum absolute atomic E-state index is 13.5. The third-order valence-electron chi connectivity index (χ3n) is 5.47. The summed E-state index contributed by atoms with van der Waals surface area (Å²) in [5.74, 6) is 0.808. The summed E-state index contributed by atoms with van der Waals surface area (Å²) in [5, 5.41) is 10.4. The minimum Gasteiger partial charge on any atom is -0.487 e. The van der Waals surface area contributed by atoms with Gasteiger partial charge in [-0.15, -0.1) is 11.3 Å². The number of piperidine rings is 1. The van der Waals surface area contributed by atoms with Crippen LogP contribution in [0.4, 0.5) is 0 Å². The fourth-order valence-electron chi connectivity index (χ4n) is 3.90. The molecule has 0 bridgehead atoms. The molecule has 1 aliphatic heterocycles. The quantitative estimate of drug-likeness (QED) is 0.501. The van der Waals surface area contributed by atoms with E-state index in [2.05, 4.69) is 22.1 Å². The van der Waals surface area contributed by atoms with Crippen molar-refractivity contribution in [2.24, 2.45) is 0 Å². The van der Waals surface area contributed by atoms with Crippen molar-refractivity contribution in [3.63, 3.8) is 0 Å². The Morgan fingerprint density at radius 1 is 1.10 bits per heavy atom. The maximum atomic E-state index is 13.5. The molecule has 152 valence electrons. The molecule has 1 aromatic carbocycles. The summed E-state index contributed by atoms with van der Waals surface area (Å²) in [6.07, 6.45) is 6.71. The van der Waals surface area contributed by atoms with Crippen molar-refractivity contribution >= 4 is 27.5 Å². The molecule has 1 amide bonds. The molecule has 0 radical (unpaired) electrons. The zero-order chi connectivity index (χ0) is 20.5. The van der Waals surface area contributed by atoms with Gasteiger partial charge in [-0.1, -0.05) is 12.1 Å². The SMILES string of the molecule is C[C@H]1CC[C@@H](Oc2ccnc3ccsc23)CN1C(=O)c1ccccc1-n1nccn1. The summed E-state index contributed by atoms with van der Waals surface area (Å²) in [4.78, 5) is 21.3. The molecule has 2 atom stereocenters. The number of nitrogens with zero attached hydrogens (tertiary/aromatic N) is 5. The zero-order valence-electron chi connectivity index (χ0n) is 16.5. The van der Waals surface area contributed by atoms with Crippen molar-refractivity contribution in [1.29, 1.82) is 0 Å². The number of likely N-dealkylation sites (tertiary alicyclic amines) is 1. The van der Waals surface area contributed by atoms with Crippen LogP contribution in [0.15, 0.2) is 60.4 Å². The zero-order valence-corrected chi connectivity index (χ0v) is 17.3. The van der Waals surface area contributed by atoms with E-state index in [4.69, 9.17) is 4.74 Å². The Kier molecular flexibility index (Phi) is 4.92. The van der Waals surface area contributed by atoms with E-state index in [0.29, 0.717) is 17.8 Å². The number of hydrogen-bond donors (Lipinski definition) is 0. The molecule has 1 saturated heterocycles. The number of hydrogen-bond acceptors (Lipinski definition) is 6. The van der Waals surface area contributed by atoms with Crippen molar-refractivity contribution in [2.45, 2.75) is 31.9 Å². The van der Waals surface area contributed by atoms with E-state index in [1.807, 2.05) is 46.7 Å². The molecule has 7 nitrogen and oxygen atoms in total. The van der Waals surface area contributed by atoms with Gasteiger partial charge in [0.05, 0.1) is 40.4 Å². The number of rotatable bonds is 4. The second kappa shape index (κ2) is 7.87. The minimum absolute atomic E-state index is 0.0281. The number of carbonyl (C=O) groups is 1. The summed E-state index contributed by atoms with van der Waals surface area (Å²) in [6, 6.07) is 11.5. The topological polar surface area (TPSA) is 73.1 Å². The lowest BCUT2D eigenvalue weighted by Crippen LogP contribution is -2.49. The molecule has 0 spiro atoms. The van der Waals surface area contributed by atoms with Gasteiger partial charge in [0.2, 0.25) is 0 Å². The molecule has 30 heavy (non-hydrogen) atoms. The van der Waals surface area contributed by atoms with Crippen LogP contribution in [0.1, 0.15) is 30.1 Å². The van der Waals surface area contributed by atoms with E-state index in [1.54, 1.807) is 29.9 Å². The van der Waals surface area contributed by atoms with Gasteiger partial charge in [-0.25, -0.2) is 0 Å². The highest BCUT2D eigenvalue weighted by molar-refractivity contribution is 7.17. The van der Waals surface area contributed by atoms with E-state index < -0.39 is 0 Å². The highest BCUT2D eigenvalue weighted by Gasteiger charge is 2.32. The lowest BCUT2D eigenvalue weighted by molar-refractivity contribution is 0.0388. The van der Waals surface area contributed by atoms with Crippen LogP contribution in [-0.4, -0.2) is 49.5 Å². The fourth-order valence-corrected chi connectivity index (χ4v) is 4.71. The first kappa shape index (κ1) is 18.7. The monoisotopic (exact) mass is 419 g/mol. The average molecular weight is 420 g/mol. The van der Waals surface area contributed by atoms with Crippen LogP contribution in [0.3, 0.4) is 0 Å². The molecule has 3 aromatic heterocycles. The Labute approximate surface area is 177 Å². The van der Waals surface area contributed by atoms with Gasteiger partial charge in [0.25, 0.3) is 5.91 Å². The first-order chi connectivity index (χ1) is 14.7. The summed E-state index contributed by atoms with van der Waals surface area (Å²) in [7, 11) is 0. The number of ether oxygens (including phenoxy) is 1. The van der Waals surface area contributed by atoms with Gasteiger partial charge in [0, 0.05) is 12.2 Å². The number of para-hydroxylation sites is 1. The highest BCUT2D eigenvalue weighted by Crippen LogP contribution is 2.32. The molecule has 4 heterocycles. The predicted octanol–water partition coefficient (Wildman–Crippen LogP) is 3.95. The summed E-state index contributed by atoms with van der Waals surface area (Å²) >= 11 is 1.62. The van der Waals surface area contributed by atoms with Crippen molar-refractivity contribution in [3.05, 3.63) is 65.9 Å². The highest BCUT2D eigenvalue weighted by atomic mass is 32.1. The van der Waals surface area contributed by atoms with Crippen LogP contribution in [0.25, 0.3) is 15.9 Å². The normalized spacial score (nSPS) is 19.2. The van der Waals surface area contributed by atoms with Crippen molar-refractivity contribution in [2.75, 3.05) is 6.54 Å². The van der Waals surface area contributed by atoms with Crippen LogP contribution < -0.4 is 4.74 Å². The Morgan fingerprint density at radius 3 is 2.80 bits per heavy atom. The lowest BCUT2D eigenvalue weighted by atomic mass is 9.99. The molecule has 8 heteroatoms. The van der Waals surface area contributed by atoms with E-state index in [-0.39, 0.29) is 18.1 Å². The number of aromatic nitrogens is 4. The molecular weight excluding hydrogens is 398 g/mol. The molecule has 0 N–H and O–H groups in total. The molecule has 0 unspecified atom stereocenters. The molecular formula is C22H21N5O2S. The lowest BCUT2D eigenvalue weighted by Gasteiger charge is -2.38. The summed E-state index contributed by atoms with van der Waals surface area (Å²) in [5.41, 5.74) is 2.21. The van der Waals surface area contributed by atoms with Crippen molar-refractivity contribution in [1.82, 2.24) is 24.9 Å². The van der Waals surface area contributed by atoms with Gasteiger partial charge in [-0.2, -0.15) is 15.0 Å². The number of pyridine rings is 1. The average Bonchev–Trinajstić information content (AvgIpc) is 3.47. The maximum Gasteiger partial charge on any atom is 0.256 e. The standard InChI is InChI=1S/C22H21N5O2S/c1-15-6-7-16(29-20-8-10-23-18-9-13-30-21(18)20)14-26(15)22(28)17-4-2-3-5-19(17)27-24-11-12-25-27/h2-5,8-13,15-16H,6-7,14H2,1H3/t15-,16+/m0/s1. The van der Waals surface area contributed by atoms with Gasteiger partial charge < -0.3 is 9.64 Å². The van der Waals surface area contributed by atoms with Crippen LogP contribution in [-0.2, 0) is 0 Å². The fraction of sp³-hybridized carbons (Fsp3) is 0.273. The number of carbonyl (C=O) groups excluding carboxylic acids is 1. The van der Waals surface area contributed by atoms with Gasteiger partial charge >= 0.3 is 0 Å². The van der Waals surface area contributed by atoms with E-state index in [0.717, 1.165) is 28.8 Å². The second-order valence-electron chi connectivity index (χ2n) is 7.40. The molecule has 0 saturated carbocycles. The predicted molar refractivity (Wildman–Crippen MR) is 115 cm³/mol. The largest absolute Gasteiger partial charge is 0.487 e. The third kappa shape index (κ3) is 3.43. The number of benzene rings is 1. The first-order valence-corrected chi connectivity index (χ1v) is 10.8. The second-order valence-corrected chi connectivity index (χ2v) is 8.32. The Bertz CT molecular complexity index is 1170. The smallest absolute Gasteiger partial charge is 0.256 e. The van der Waals surface area contributed by atoms with E-state index in [1.165, 1.54) is 4.80 Å². The van der Waals surface area contributed by atoms with Gasteiger partial charge in [-0.3, -0.25) is 9.78 Å². The van der Waals surface area contributed by atoms with Crippen LogP contribution in [0, 0.1) is 0 Å². The van der Waals surface area contributed by atoms with Crippen molar-refractivity contribution < 1.29 is 9.53 Å². The molecule has 4 aromatic rings. The van der Waals surface area contributed by atoms with Gasteiger partial charge in [0.15, 0.2) is 0 Å². The van der Waals surface area contributed by atoms with Crippen LogP contribution >= 0.6 is 11.3 Å². The Hall–Kier alpha value is -3.26. The summed E-state index contributed by atoms with van der Waals surface area (Å²) < 4.78 is 7.39. The van der Waals surface area contributed by atoms with E-state index >= 15 is 0 Å². The Balaban J connectivity index is 1.39. The minimum atomic E-state index is -0.0622. The van der Waals surface area contributed by atoms with Gasteiger partial charge in [-0.05, 0) is 49.4 Å². The third-order valence-corrected chi connectivity index (χ3v) is 6.39. The van der Waals surface area contributed by atoms with E-state index in [9.17, 15) is 4.79 Å². The van der Waals surface area contributed by atoms with Gasteiger partial charge in [0.1, 0.15) is 11.9 Å². The first-order valence-electron chi connectivity index (χ1n) is 9.96. The van der Waals surface area contributed by atoms with Crippen molar-refractivity contribution in [3.8, 4) is 11.4 Å². The molecule has 5 rings (SSSR count). The Morgan fingerprint density at radius 2 is 1.93 bits per heavy atom. The molecule has 1 aliphatic rings. The number of amides is 1. The van der Waals surface area contributed by atoms with Crippen LogP contribution in [0.5, 0.6) is 5.75 Å². The summed E-state index contributed by atoms with van der Waals surface area (Å²) in [6.45, 7) is 2.63. The number of fused-ring (bicyclic) bond motifs is 1.